The molecule has 3 nitrogen and oxygen atoms in total. The third-order valence-electron chi connectivity index (χ3n) is 3.70. The number of hydrogen-bond acceptors (Lipinski definition) is 3. The van der Waals surface area contributed by atoms with Crippen molar-refractivity contribution in [1.29, 1.82) is 0 Å². The molecule has 0 saturated carbocycles. The molecule has 0 aliphatic rings. The Labute approximate surface area is 117 Å². The summed E-state index contributed by atoms with van der Waals surface area (Å²) in [6.07, 6.45) is -3.76. The summed E-state index contributed by atoms with van der Waals surface area (Å²) < 4.78 is 40.0. The van der Waals surface area contributed by atoms with Crippen molar-refractivity contribution >= 4 is 0 Å². The van der Waals surface area contributed by atoms with E-state index in [1.54, 1.807) is 12.1 Å². The summed E-state index contributed by atoms with van der Waals surface area (Å²) in [7, 11) is 1.95. The molecule has 6 heteroatoms. The van der Waals surface area contributed by atoms with Crippen LogP contribution in [0.3, 0.4) is 0 Å². The zero-order chi connectivity index (χ0) is 15.4. The summed E-state index contributed by atoms with van der Waals surface area (Å²) in [5, 5.41) is 0. The Morgan fingerprint density at radius 3 is 2.15 bits per heavy atom. The minimum atomic E-state index is -4.65. The first-order valence-corrected chi connectivity index (χ1v) is 6.46. The first kappa shape index (κ1) is 16.8. The minimum Gasteiger partial charge on any atom is -0.406 e. The molecule has 0 radical (unpaired) electrons. The Morgan fingerprint density at radius 1 is 1.20 bits per heavy atom. The van der Waals surface area contributed by atoms with E-state index in [9.17, 15) is 13.2 Å². The van der Waals surface area contributed by atoms with E-state index in [1.165, 1.54) is 12.1 Å². The highest BCUT2D eigenvalue weighted by Crippen LogP contribution is 2.24. The van der Waals surface area contributed by atoms with Gasteiger partial charge in [-0.3, -0.25) is 4.90 Å². The van der Waals surface area contributed by atoms with Crippen LogP contribution in [0.1, 0.15) is 25.8 Å². The van der Waals surface area contributed by atoms with Crippen LogP contribution in [0, 0.1) is 0 Å². The molecule has 114 valence electrons. The topological polar surface area (TPSA) is 38.5 Å². The van der Waals surface area contributed by atoms with Gasteiger partial charge in [0.15, 0.2) is 0 Å². The lowest BCUT2D eigenvalue weighted by molar-refractivity contribution is -0.274. The molecule has 0 saturated heterocycles. The second-order valence-corrected chi connectivity index (χ2v) is 5.10. The van der Waals surface area contributed by atoms with E-state index in [2.05, 4.69) is 23.5 Å². The Bertz CT molecular complexity index is 413. The number of likely N-dealkylation sites (N-methyl/N-ethyl adjacent to an activating group) is 1. The molecule has 20 heavy (non-hydrogen) atoms. The van der Waals surface area contributed by atoms with Gasteiger partial charge in [-0.05, 0) is 38.1 Å². The van der Waals surface area contributed by atoms with Crippen molar-refractivity contribution in [2.24, 2.45) is 5.73 Å². The summed E-state index contributed by atoms with van der Waals surface area (Å²) >= 11 is 0. The van der Waals surface area contributed by atoms with E-state index in [-0.39, 0.29) is 11.3 Å². The number of nitrogens with zero attached hydrogens (tertiary/aromatic N) is 1. The largest absolute Gasteiger partial charge is 0.573 e. The molecule has 0 aliphatic carbocycles. The molecular formula is C14H21F3N2O. The first-order chi connectivity index (χ1) is 9.20. The number of hydrogen-bond donors (Lipinski definition) is 1. The fourth-order valence-electron chi connectivity index (χ4n) is 1.83. The molecule has 0 aromatic heterocycles. The standard InChI is InChI=1S/C14H21F3N2O/c1-4-13(2,10-18)19(3)9-11-5-7-12(8-6-11)20-14(15,16)17/h5-8H,4,9-10,18H2,1-3H3. The van der Waals surface area contributed by atoms with E-state index in [1.807, 2.05) is 7.05 Å². The lowest BCUT2D eigenvalue weighted by atomic mass is 9.96. The third kappa shape index (κ3) is 4.68. The summed E-state index contributed by atoms with van der Waals surface area (Å²) in [5.41, 5.74) is 6.57. The number of alkyl halides is 3. The molecule has 1 atom stereocenters. The summed E-state index contributed by atoms with van der Waals surface area (Å²) in [6.45, 7) is 5.26. The van der Waals surface area contributed by atoms with Crippen molar-refractivity contribution in [3.63, 3.8) is 0 Å². The van der Waals surface area contributed by atoms with Crippen LogP contribution in [0.15, 0.2) is 24.3 Å². The second-order valence-electron chi connectivity index (χ2n) is 5.10. The first-order valence-electron chi connectivity index (χ1n) is 6.46. The van der Waals surface area contributed by atoms with Gasteiger partial charge in [0.2, 0.25) is 0 Å². The number of ether oxygens (including phenoxy) is 1. The van der Waals surface area contributed by atoms with Crippen molar-refractivity contribution in [3.8, 4) is 5.75 Å². The Hall–Kier alpha value is -1.27. The lowest BCUT2D eigenvalue weighted by Gasteiger charge is -2.37. The van der Waals surface area contributed by atoms with Gasteiger partial charge in [0.05, 0.1) is 0 Å². The van der Waals surface area contributed by atoms with Gasteiger partial charge in [-0.2, -0.15) is 0 Å². The molecule has 0 spiro atoms. The maximum absolute atomic E-state index is 12.1. The molecule has 1 rings (SSSR count). The van der Waals surface area contributed by atoms with Gasteiger partial charge in [0.1, 0.15) is 5.75 Å². The van der Waals surface area contributed by atoms with Crippen LogP contribution in [0.4, 0.5) is 13.2 Å². The second kappa shape index (κ2) is 6.45. The van der Waals surface area contributed by atoms with Crippen LogP contribution < -0.4 is 10.5 Å². The van der Waals surface area contributed by atoms with Crippen LogP contribution >= 0.6 is 0 Å². The smallest absolute Gasteiger partial charge is 0.406 e. The van der Waals surface area contributed by atoms with Crippen molar-refractivity contribution in [2.45, 2.75) is 38.7 Å². The van der Waals surface area contributed by atoms with E-state index < -0.39 is 6.36 Å². The predicted octanol–water partition coefficient (Wildman–Crippen LogP) is 3.14. The van der Waals surface area contributed by atoms with Crippen molar-refractivity contribution in [1.82, 2.24) is 4.90 Å². The van der Waals surface area contributed by atoms with Crippen LogP contribution in [-0.2, 0) is 6.54 Å². The fraction of sp³-hybridized carbons (Fsp3) is 0.571. The van der Waals surface area contributed by atoms with E-state index in [0.717, 1.165) is 12.0 Å². The minimum absolute atomic E-state index is 0.124. The molecule has 0 heterocycles. The molecule has 1 aromatic carbocycles. The van der Waals surface area contributed by atoms with Crippen LogP contribution in [0.2, 0.25) is 0 Å². The number of halogens is 3. The average Bonchev–Trinajstić information content (AvgIpc) is 2.38. The molecule has 0 fully saturated rings. The molecule has 2 N–H and O–H groups in total. The predicted molar refractivity (Wildman–Crippen MR) is 72.3 cm³/mol. The Kier molecular flexibility index (Phi) is 5.42. The third-order valence-corrected chi connectivity index (χ3v) is 3.70. The summed E-state index contributed by atoms with van der Waals surface area (Å²) in [6, 6.07) is 5.90. The molecule has 0 amide bonds. The van der Waals surface area contributed by atoms with E-state index >= 15 is 0 Å². The van der Waals surface area contributed by atoms with Crippen LogP contribution in [-0.4, -0.2) is 30.4 Å². The maximum atomic E-state index is 12.1. The fourth-order valence-corrected chi connectivity index (χ4v) is 1.83. The van der Waals surface area contributed by atoms with E-state index in [4.69, 9.17) is 5.73 Å². The van der Waals surface area contributed by atoms with Crippen LogP contribution in [0.5, 0.6) is 5.75 Å². The molecule has 1 aromatic rings. The maximum Gasteiger partial charge on any atom is 0.573 e. The monoisotopic (exact) mass is 290 g/mol. The number of nitrogens with two attached hydrogens (primary N) is 1. The zero-order valence-corrected chi connectivity index (χ0v) is 12.0. The molecule has 1 unspecified atom stereocenters. The Balaban J connectivity index is 2.70. The van der Waals surface area contributed by atoms with Gasteiger partial charge in [-0.25, -0.2) is 0 Å². The van der Waals surface area contributed by atoms with Gasteiger partial charge in [-0.1, -0.05) is 19.1 Å². The Morgan fingerprint density at radius 2 is 1.75 bits per heavy atom. The highest BCUT2D eigenvalue weighted by atomic mass is 19.4. The molecular weight excluding hydrogens is 269 g/mol. The normalized spacial score (nSPS) is 15.2. The highest BCUT2D eigenvalue weighted by Gasteiger charge is 2.31. The highest BCUT2D eigenvalue weighted by molar-refractivity contribution is 5.27. The lowest BCUT2D eigenvalue weighted by Crippen LogP contribution is -2.48. The van der Waals surface area contributed by atoms with Gasteiger partial charge in [0, 0.05) is 18.6 Å². The van der Waals surface area contributed by atoms with Gasteiger partial charge >= 0.3 is 6.36 Å². The SMILES string of the molecule is CCC(C)(CN)N(C)Cc1ccc(OC(F)(F)F)cc1. The van der Waals surface area contributed by atoms with Crippen molar-refractivity contribution in [2.75, 3.05) is 13.6 Å². The number of benzene rings is 1. The van der Waals surface area contributed by atoms with Crippen molar-refractivity contribution in [3.05, 3.63) is 29.8 Å². The van der Waals surface area contributed by atoms with Gasteiger partial charge in [-0.15, -0.1) is 13.2 Å². The molecule has 0 bridgehead atoms. The van der Waals surface area contributed by atoms with Gasteiger partial charge < -0.3 is 10.5 Å². The molecule has 0 aliphatic heterocycles. The number of rotatable bonds is 6. The summed E-state index contributed by atoms with van der Waals surface area (Å²) in [5.74, 6) is -0.207. The van der Waals surface area contributed by atoms with Crippen LogP contribution in [0.25, 0.3) is 0 Å². The van der Waals surface area contributed by atoms with E-state index in [0.29, 0.717) is 13.1 Å². The zero-order valence-electron chi connectivity index (χ0n) is 12.0. The van der Waals surface area contributed by atoms with Gasteiger partial charge in [0.25, 0.3) is 0 Å². The summed E-state index contributed by atoms with van der Waals surface area (Å²) in [4.78, 5) is 2.10. The average molecular weight is 290 g/mol. The van der Waals surface area contributed by atoms with Crippen molar-refractivity contribution < 1.29 is 17.9 Å². The quantitative estimate of drug-likeness (QED) is 0.874.